The van der Waals surface area contributed by atoms with Crippen LogP contribution in [0.15, 0.2) is 59.4 Å². The Morgan fingerprint density at radius 1 is 1.00 bits per heavy atom. The smallest absolute Gasteiger partial charge is 0.333 e. The number of carbonyl (C=O) groups excluding carboxylic acids is 2. The van der Waals surface area contributed by atoms with Gasteiger partial charge in [0.25, 0.3) is 5.91 Å². The van der Waals surface area contributed by atoms with Gasteiger partial charge < -0.3 is 25.0 Å². The summed E-state index contributed by atoms with van der Waals surface area (Å²) >= 11 is 0. The summed E-state index contributed by atoms with van der Waals surface area (Å²) in [6.45, 7) is 8.28. The molecule has 0 bridgehead atoms. The minimum absolute atomic E-state index is 0.0145. The molecule has 2 N–H and O–H groups in total. The number of benzene rings is 2. The SMILES string of the molecule is COCCCOc1cccc(-n2c(-c3ccccc3)c(C(=O)N3CCNCC3)n(CCCNC(=O)CC(C)C)c2=O)c1. The van der Waals surface area contributed by atoms with E-state index in [9.17, 15) is 14.4 Å². The highest BCUT2D eigenvalue weighted by atomic mass is 16.5. The quantitative estimate of drug-likeness (QED) is 0.285. The molecule has 2 aromatic carbocycles. The fourth-order valence-corrected chi connectivity index (χ4v) is 5.10. The van der Waals surface area contributed by atoms with Gasteiger partial charge in [-0.1, -0.05) is 50.2 Å². The van der Waals surface area contributed by atoms with Crippen molar-refractivity contribution in [1.82, 2.24) is 24.7 Å². The third-order valence-corrected chi connectivity index (χ3v) is 7.11. The molecule has 10 heteroatoms. The number of piperazine rings is 1. The molecule has 226 valence electrons. The van der Waals surface area contributed by atoms with Crippen molar-refractivity contribution >= 4 is 11.8 Å². The summed E-state index contributed by atoms with van der Waals surface area (Å²) in [5.74, 6) is 0.699. The molecule has 2 amide bonds. The highest BCUT2D eigenvalue weighted by molar-refractivity contribution is 5.99. The van der Waals surface area contributed by atoms with Crippen molar-refractivity contribution in [3.63, 3.8) is 0 Å². The van der Waals surface area contributed by atoms with Crippen LogP contribution in [-0.2, 0) is 16.1 Å². The maximum atomic E-state index is 14.3. The lowest BCUT2D eigenvalue weighted by Gasteiger charge is -2.28. The Labute approximate surface area is 247 Å². The van der Waals surface area contributed by atoms with Crippen LogP contribution in [0.5, 0.6) is 5.75 Å². The topological polar surface area (TPSA) is 107 Å². The van der Waals surface area contributed by atoms with E-state index in [4.69, 9.17) is 9.47 Å². The number of methoxy groups -OCH3 is 1. The van der Waals surface area contributed by atoms with E-state index in [0.717, 1.165) is 12.0 Å². The lowest BCUT2D eigenvalue weighted by Crippen LogP contribution is -2.47. The first-order chi connectivity index (χ1) is 20.4. The predicted octanol–water partition coefficient (Wildman–Crippen LogP) is 3.32. The van der Waals surface area contributed by atoms with Crippen molar-refractivity contribution in [3.05, 3.63) is 70.8 Å². The van der Waals surface area contributed by atoms with E-state index in [0.29, 0.717) is 81.6 Å². The predicted molar refractivity (Wildman–Crippen MR) is 163 cm³/mol. The van der Waals surface area contributed by atoms with Crippen molar-refractivity contribution in [3.8, 4) is 22.7 Å². The number of rotatable bonds is 14. The van der Waals surface area contributed by atoms with E-state index in [1.165, 1.54) is 0 Å². The van der Waals surface area contributed by atoms with E-state index in [-0.39, 0.29) is 30.0 Å². The normalized spacial score (nSPS) is 13.4. The van der Waals surface area contributed by atoms with Crippen molar-refractivity contribution in [2.75, 3.05) is 53.0 Å². The number of carbonyl (C=O) groups is 2. The van der Waals surface area contributed by atoms with E-state index >= 15 is 0 Å². The van der Waals surface area contributed by atoms with Crippen LogP contribution in [-0.4, -0.2) is 78.9 Å². The number of hydrogen-bond acceptors (Lipinski definition) is 6. The number of amides is 2. The van der Waals surface area contributed by atoms with Gasteiger partial charge in [0.2, 0.25) is 5.91 Å². The molecule has 1 saturated heterocycles. The van der Waals surface area contributed by atoms with Gasteiger partial charge in [0.1, 0.15) is 11.4 Å². The van der Waals surface area contributed by atoms with Crippen LogP contribution in [0.4, 0.5) is 0 Å². The zero-order valence-corrected chi connectivity index (χ0v) is 24.9. The molecule has 10 nitrogen and oxygen atoms in total. The summed E-state index contributed by atoms with van der Waals surface area (Å²) in [5, 5.41) is 6.24. The number of ether oxygens (including phenoxy) is 2. The first-order valence-corrected chi connectivity index (χ1v) is 14.8. The largest absolute Gasteiger partial charge is 0.493 e. The van der Waals surface area contributed by atoms with Gasteiger partial charge in [-0.25, -0.2) is 4.79 Å². The molecule has 3 aromatic rings. The lowest BCUT2D eigenvalue weighted by atomic mass is 10.1. The van der Waals surface area contributed by atoms with Gasteiger partial charge >= 0.3 is 5.69 Å². The maximum absolute atomic E-state index is 14.3. The van der Waals surface area contributed by atoms with Crippen LogP contribution in [0, 0.1) is 5.92 Å². The van der Waals surface area contributed by atoms with E-state index in [2.05, 4.69) is 10.6 Å². The van der Waals surface area contributed by atoms with E-state index in [1.54, 1.807) is 21.1 Å². The van der Waals surface area contributed by atoms with Gasteiger partial charge in [-0.15, -0.1) is 0 Å². The van der Waals surface area contributed by atoms with Crippen molar-refractivity contribution in [2.24, 2.45) is 5.92 Å². The Kier molecular flexibility index (Phi) is 11.4. The monoisotopic (exact) mass is 577 g/mol. The van der Waals surface area contributed by atoms with Gasteiger partial charge in [0.05, 0.1) is 18.0 Å². The highest BCUT2D eigenvalue weighted by Crippen LogP contribution is 2.29. The molecule has 0 unspecified atom stereocenters. The zero-order chi connectivity index (χ0) is 29.9. The third-order valence-electron chi connectivity index (χ3n) is 7.11. The molecule has 1 aliphatic heterocycles. The molecular weight excluding hydrogens is 534 g/mol. The summed E-state index contributed by atoms with van der Waals surface area (Å²) in [4.78, 5) is 42.4. The van der Waals surface area contributed by atoms with Gasteiger partial charge in [-0.3, -0.25) is 18.7 Å². The Bertz CT molecular complexity index is 1380. The summed E-state index contributed by atoms with van der Waals surface area (Å²) in [6, 6.07) is 16.9. The average molecular weight is 578 g/mol. The molecule has 4 rings (SSSR count). The molecule has 1 aromatic heterocycles. The van der Waals surface area contributed by atoms with Crippen molar-refractivity contribution < 1.29 is 19.1 Å². The Morgan fingerprint density at radius 2 is 1.76 bits per heavy atom. The zero-order valence-electron chi connectivity index (χ0n) is 24.9. The van der Waals surface area contributed by atoms with Crippen LogP contribution in [0.2, 0.25) is 0 Å². The molecule has 1 aliphatic rings. The third kappa shape index (κ3) is 7.89. The van der Waals surface area contributed by atoms with Gasteiger partial charge in [-0.2, -0.15) is 0 Å². The van der Waals surface area contributed by atoms with E-state index in [1.807, 2.05) is 68.4 Å². The molecule has 0 radical (unpaired) electrons. The van der Waals surface area contributed by atoms with Crippen molar-refractivity contribution in [1.29, 1.82) is 0 Å². The second kappa shape index (κ2) is 15.4. The van der Waals surface area contributed by atoms with Crippen LogP contribution < -0.4 is 21.1 Å². The number of nitrogens with zero attached hydrogens (tertiary/aromatic N) is 3. The average Bonchev–Trinajstić information content (AvgIpc) is 3.29. The van der Waals surface area contributed by atoms with Crippen LogP contribution in [0.3, 0.4) is 0 Å². The fraction of sp³-hybridized carbons (Fsp3) is 0.469. The molecule has 2 heterocycles. The number of nitrogens with one attached hydrogen (secondary N) is 2. The number of aromatic nitrogens is 2. The molecule has 0 spiro atoms. The molecule has 1 fully saturated rings. The Morgan fingerprint density at radius 3 is 2.48 bits per heavy atom. The van der Waals surface area contributed by atoms with Gasteiger partial charge in [0, 0.05) is 77.5 Å². The second-order valence-electron chi connectivity index (χ2n) is 10.9. The number of hydrogen-bond donors (Lipinski definition) is 2. The standard InChI is InChI=1S/C32H43N5O5/c1-24(2)22-28(38)34-14-8-17-36-30(31(39)35-18-15-33-16-19-35)29(25-10-5-4-6-11-25)37(32(36)40)26-12-7-13-27(23-26)42-21-9-20-41-3/h4-7,10-13,23-24,33H,8-9,14-22H2,1-3H3,(H,34,38). The summed E-state index contributed by atoms with van der Waals surface area (Å²) < 4.78 is 14.3. The first kappa shape index (κ1) is 31.1. The molecule has 0 aliphatic carbocycles. The van der Waals surface area contributed by atoms with Gasteiger partial charge in [-0.05, 0) is 24.5 Å². The molecule has 42 heavy (non-hydrogen) atoms. The molecule has 0 atom stereocenters. The highest BCUT2D eigenvalue weighted by Gasteiger charge is 2.30. The van der Waals surface area contributed by atoms with Crippen LogP contribution in [0.1, 0.15) is 43.6 Å². The summed E-state index contributed by atoms with van der Waals surface area (Å²) in [5.41, 5.74) is 1.97. The first-order valence-electron chi connectivity index (χ1n) is 14.8. The van der Waals surface area contributed by atoms with Crippen LogP contribution in [0.25, 0.3) is 16.9 Å². The summed E-state index contributed by atoms with van der Waals surface area (Å²) in [7, 11) is 1.65. The number of imidazole rings is 1. The maximum Gasteiger partial charge on any atom is 0.333 e. The van der Waals surface area contributed by atoms with Crippen LogP contribution >= 0.6 is 0 Å². The Balaban J connectivity index is 1.77. The molecular formula is C32H43N5O5. The minimum atomic E-state index is -0.308. The Hall–Kier alpha value is -3.89. The lowest BCUT2D eigenvalue weighted by molar-refractivity contribution is -0.121. The minimum Gasteiger partial charge on any atom is -0.493 e. The molecule has 0 saturated carbocycles. The second-order valence-corrected chi connectivity index (χ2v) is 10.9. The summed E-state index contributed by atoms with van der Waals surface area (Å²) in [6.07, 6.45) is 1.70. The van der Waals surface area contributed by atoms with E-state index < -0.39 is 0 Å². The fourth-order valence-electron chi connectivity index (χ4n) is 5.10. The van der Waals surface area contributed by atoms with Gasteiger partial charge in [0.15, 0.2) is 0 Å². The van der Waals surface area contributed by atoms with Crippen molar-refractivity contribution in [2.45, 2.75) is 39.7 Å².